The van der Waals surface area contributed by atoms with E-state index in [0.29, 0.717) is 36.9 Å². The molecule has 0 spiro atoms. The summed E-state index contributed by atoms with van der Waals surface area (Å²) in [6, 6.07) is 9.52. The molecule has 9 heteroatoms. The molecule has 1 aromatic carbocycles. The molecule has 0 saturated carbocycles. The lowest BCUT2D eigenvalue weighted by atomic mass is 10.1. The van der Waals surface area contributed by atoms with Crippen molar-refractivity contribution in [3.63, 3.8) is 0 Å². The lowest BCUT2D eigenvalue weighted by Gasteiger charge is -2.34. The highest BCUT2D eigenvalue weighted by molar-refractivity contribution is 5.95. The first kappa shape index (κ1) is 21.9. The Hall–Kier alpha value is -3.30. The monoisotopic (exact) mass is 436 g/mol. The molecule has 4 rings (SSSR count). The zero-order valence-corrected chi connectivity index (χ0v) is 18.7. The van der Waals surface area contributed by atoms with Gasteiger partial charge in [-0.1, -0.05) is 12.1 Å². The molecule has 1 saturated heterocycles. The van der Waals surface area contributed by atoms with Crippen molar-refractivity contribution in [1.82, 2.24) is 29.5 Å². The van der Waals surface area contributed by atoms with Gasteiger partial charge in [0.25, 0.3) is 11.9 Å². The summed E-state index contributed by atoms with van der Waals surface area (Å²) in [7, 11) is 3.34. The topological polar surface area (TPSA) is 85.6 Å². The van der Waals surface area contributed by atoms with Crippen LogP contribution in [0.4, 0.5) is 0 Å². The number of ether oxygens (including phenoxy) is 2. The number of aromatic nitrogens is 4. The van der Waals surface area contributed by atoms with E-state index in [1.54, 1.807) is 31.3 Å². The second kappa shape index (κ2) is 9.88. The fraction of sp³-hybridized carbons (Fsp3) is 0.391. The first-order chi connectivity index (χ1) is 15.6. The molecular formula is C23H28N6O3. The van der Waals surface area contributed by atoms with Gasteiger partial charge in [0, 0.05) is 51.6 Å². The van der Waals surface area contributed by atoms with Crippen LogP contribution < -0.4 is 4.74 Å². The van der Waals surface area contributed by atoms with E-state index in [-0.39, 0.29) is 5.91 Å². The van der Waals surface area contributed by atoms with Crippen LogP contribution in [0.2, 0.25) is 0 Å². The number of methoxy groups -OCH3 is 2. The van der Waals surface area contributed by atoms with Crippen LogP contribution in [-0.2, 0) is 4.74 Å². The van der Waals surface area contributed by atoms with Gasteiger partial charge in [0.15, 0.2) is 0 Å². The molecule has 0 aliphatic carbocycles. The van der Waals surface area contributed by atoms with Crippen LogP contribution in [-0.4, -0.2) is 89.0 Å². The molecule has 1 aliphatic rings. The zero-order chi connectivity index (χ0) is 22.5. The van der Waals surface area contributed by atoms with Gasteiger partial charge < -0.3 is 14.4 Å². The number of nitrogens with zero attached hydrogens (tertiary/aromatic N) is 6. The number of carbonyl (C=O) groups excluding carboxylic acids is 1. The second-order valence-electron chi connectivity index (χ2n) is 7.62. The van der Waals surface area contributed by atoms with Gasteiger partial charge in [-0.15, -0.1) is 0 Å². The van der Waals surface area contributed by atoms with Gasteiger partial charge in [0.05, 0.1) is 36.9 Å². The van der Waals surface area contributed by atoms with Crippen LogP contribution in [0.1, 0.15) is 16.1 Å². The Bertz CT molecular complexity index is 1080. The van der Waals surface area contributed by atoms with E-state index in [2.05, 4.69) is 20.0 Å². The Kier molecular flexibility index (Phi) is 6.77. The molecule has 2 aromatic heterocycles. The fourth-order valence-corrected chi connectivity index (χ4v) is 3.84. The summed E-state index contributed by atoms with van der Waals surface area (Å²) in [5, 5.41) is 4.42. The molecule has 168 valence electrons. The van der Waals surface area contributed by atoms with Crippen molar-refractivity contribution < 1.29 is 14.3 Å². The van der Waals surface area contributed by atoms with Crippen LogP contribution >= 0.6 is 0 Å². The maximum atomic E-state index is 13.1. The number of benzene rings is 1. The molecule has 1 aliphatic heterocycles. The number of piperazine rings is 1. The van der Waals surface area contributed by atoms with Crippen molar-refractivity contribution in [3.8, 4) is 23.0 Å². The second-order valence-corrected chi connectivity index (χ2v) is 7.62. The van der Waals surface area contributed by atoms with Crippen LogP contribution in [0.25, 0.3) is 17.2 Å². The predicted molar refractivity (Wildman–Crippen MR) is 120 cm³/mol. The molecule has 0 radical (unpaired) electrons. The summed E-state index contributed by atoms with van der Waals surface area (Å²) < 4.78 is 12.2. The molecule has 0 atom stereocenters. The van der Waals surface area contributed by atoms with E-state index in [1.807, 2.05) is 42.2 Å². The minimum atomic E-state index is -0.0129. The van der Waals surface area contributed by atoms with Gasteiger partial charge in [0.1, 0.15) is 5.75 Å². The molecule has 1 amide bonds. The maximum Gasteiger partial charge on any atom is 0.257 e. The van der Waals surface area contributed by atoms with Crippen molar-refractivity contribution in [2.75, 3.05) is 53.6 Å². The summed E-state index contributed by atoms with van der Waals surface area (Å²) in [6.07, 6.45) is 3.29. The van der Waals surface area contributed by atoms with Crippen molar-refractivity contribution in [1.29, 1.82) is 0 Å². The standard InChI is InChI=1S/C23H28N6O3/c1-17-19(22(30)28-12-10-27(11-13-28)14-15-31-2)16-25-29(17)23-24-9-8-20(26-23)18-6-4-5-7-21(18)32-3/h4-9,16H,10-15H2,1-3H3. The van der Waals surface area contributed by atoms with Crippen molar-refractivity contribution in [2.24, 2.45) is 0 Å². The average Bonchev–Trinajstić information content (AvgIpc) is 3.23. The molecule has 3 heterocycles. The fourth-order valence-electron chi connectivity index (χ4n) is 3.84. The van der Waals surface area contributed by atoms with Crippen LogP contribution in [0.15, 0.2) is 42.7 Å². The normalized spacial score (nSPS) is 14.5. The third kappa shape index (κ3) is 4.49. The molecule has 0 unspecified atom stereocenters. The van der Waals surface area contributed by atoms with Crippen LogP contribution in [0.3, 0.4) is 0 Å². The minimum absolute atomic E-state index is 0.0129. The summed E-state index contributed by atoms with van der Waals surface area (Å²) >= 11 is 0. The Morgan fingerprint density at radius 1 is 1.09 bits per heavy atom. The minimum Gasteiger partial charge on any atom is -0.496 e. The van der Waals surface area contributed by atoms with E-state index in [0.717, 1.165) is 36.6 Å². The highest BCUT2D eigenvalue weighted by Crippen LogP contribution is 2.28. The number of rotatable bonds is 7. The Morgan fingerprint density at radius 2 is 1.88 bits per heavy atom. The Labute approximate surface area is 187 Å². The van der Waals surface area contributed by atoms with E-state index in [1.165, 1.54) is 0 Å². The van der Waals surface area contributed by atoms with Gasteiger partial charge in [-0.3, -0.25) is 9.69 Å². The number of para-hydroxylation sites is 1. The van der Waals surface area contributed by atoms with Gasteiger partial charge >= 0.3 is 0 Å². The third-order valence-electron chi connectivity index (χ3n) is 5.73. The number of carbonyl (C=O) groups is 1. The number of hydrogen-bond acceptors (Lipinski definition) is 7. The van der Waals surface area contributed by atoms with E-state index in [4.69, 9.17) is 9.47 Å². The zero-order valence-electron chi connectivity index (χ0n) is 18.7. The molecule has 0 N–H and O–H groups in total. The molecule has 0 bridgehead atoms. The molecular weight excluding hydrogens is 408 g/mol. The summed E-state index contributed by atoms with van der Waals surface area (Å²) in [5.41, 5.74) is 2.88. The van der Waals surface area contributed by atoms with Gasteiger partial charge in [-0.05, 0) is 25.1 Å². The van der Waals surface area contributed by atoms with Gasteiger partial charge in [-0.25, -0.2) is 14.6 Å². The highest BCUT2D eigenvalue weighted by atomic mass is 16.5. The summed E-state index contributed by atoms with van der Waals surface area (Å²) in [4.78, 5) is 26.4. The van der Waals surface area contributed by atoms with Crippen molar-refractivity contribution >= 4 is 5.91 Å². The molecule has 1 fully saturated rings. The molecule has 9 nitrogen and oxygen atoms in total. The third-order valence-corrected chi connectivity index (χ3v) is 5.73. The quantitative estimate of drug-likeness (QED) is 0.560. The van der Waals surface area contributed by atoms with E-state index >= 15 is 0 Å². The first-order valence-corrected chi connectivity index (χ1v) is 10.6. The summed E-state index contributed by atoms with van der Waals surface area (Å²) in [6.45, 7) is 6.51. The number of amides is 1. The smallest absolute Gasteiger partial charge is 0.257 e. The van der Waals surface area contributed by atoms with Gasteiger partial charge in [-0.2, -0.15) is 5.10 Å². The van der Waals surface area contributed by atoms with Crippen LogP contribution in [0.5, 0.6) is 5.75 Å². The summed E-state index contributed by atoms with van der Waals surface area (Å²) in [5.74, 6) is 1.13. The van der Waals surface area contributed by atoms with E-state index in [9.17, 15) is 4.79 Å². The maximum absolute atomic E-state index is 13.1. The average molecular weight is 437 g/mol. The largest absolute Gasteiger partial charge is 0.496 e. The predicted octanol–water partition coefficient (Wildman–Crippen LogP) is 2.05. The lowest BCUT2D eigenvalue weighted by Crippen LogP contribution is -2.49. The van der Waals surface area contributed by atoms with Crippen molar-refractivity contribution in [2.45, 2.75) is 6.92 Å². The van der Waals surface area contributed by atoms with Crippen molar-refractivity contribution in [3.05, 3.63) is 54.0 Å². The SMILES string of the molecule is COCCN1CCN(C(=O)c2cnn(-c3nccc(-c4ccccc4OC)n3)c2C)CC1. The van der Waals surface area contributed by atoms with Gasteiger partial charge in [0.2, 0.25) is 0 Å². The number of hydrogen-bond donors (Lipinski definition) is 0. The Balaban J connectivity index is 1.53. The first-order valence-electron chi connectivity index (χ1n) is 10.6. The van der Waals surface area contributed by atoms with Crippen LogP contribution in [0, 0.1) is 6.92 Å². The Morgan fingerprint density at radius 3 is 2.62 bits per heavy atom. The lowest BCUT2D eigenvalue weighted by molar-refractivity contribution is 0.0593. The van der Waals surface area contributed by atoms with E-state index < -0.39 is 0 Å². The highest BCUT2D eigenvalue weighted by Gasteiger charge is 2.25. The molecule has 32 heavy (non-hydrogen) atoms. The molecule has 3 aromatic rings.